The molecule has 0 spiro atoms. The minimum atomic E-state index is -0.464. The number of aryl methyl sites for hydroxylation is 1. The maximum Gasteiger partial charge on any atom is 0.288 e. The number of nitro groups is 1. The first-order valence-corrected chi connectivity index (χ1v) is 5.47. The fraction of sp³-hybridized carbons (Fsp3) is 0.0769. The first-order chi connectivity index (χ1) is 8.09. The molecule has 0 saturated carbocycles. The molecule has 86 valence electrons. The Balaban J connectivity index is 2.63. The van der Waals surface area contributed by atoms with E-state index in [1.165, 1.54) is 6.07 Å². The normalized spacial score (nSPS) is 10.2. The average molecular weight is 248 g/mol. The smallest absolute Gasteiger partial charge is 0.258 e. The summed E-state index contributed by atoms with van der Waals surface area (Å²) < 4.78 is 0. The zero-order chi connectivity index (χ0) is 12.4. The van der Waals surface area contributed by atoms with Crippen molar-refractivity contribution in [3.05, 3.63) is 63.2 Å². The lowest BCUT2D eigenvalue weighted by atomic mass is 10.00. The first kappa shape index (κ1) is 11.6. The molecule has 0 fully saturated rings. The van der Waals surface area contributed by atoms with Crippen LogP contribution in [0.2, 0.25) is 5.02 Å². The number of nitrogens with zero attached hydrogens (tertiary/aromatic N) is 1. The summed E-state index contributed by atoms with van der Waals surface area (Å²) >= 11 is 5.84. The minimum Gasteiger partial charge on any atom is -0.258 e. The third-order valence-electron chi connectivity index (χ3n) is 2.58. The molecule has 0 aliphatic rings. The molecule has 2 aromatic rings. The van der Waals surface area contributed by atoms with Gasteiger partial charge in [-0.1, -0.05) is 41.9 Å². The standard InChI is InChI=1S/C13H10ClNO2/c1-9-7-12(14)13(15(16)17)8-11(9)10-5-3-2-4-6-10/h2-8H,1H3. The van der Waals surface area contributed by atoms with Crippen LogP contribution in [0.1, 0.15) is 5.56 Å². The highest BCUT2D eigenvalue weighted by atomic mass is 35.5. The van der Waals surface area contributed by atoms with Crippen molar-refractivity contribution in [3.63, 3.8) is 0 Å². The fourth-order valence-electron chi connectivity index (χ4n) is 1.73. The van der Waals surface area contributed by atoms with E-state index in [2.05, 4.69) is 0 Å². The summed E-state index contributed by atoms with van der Waals surface area (Å²) in [5, 5.41) is 11.0. The molecule has 0 radical (unpaired) electrons. The molecule has 0 aliphatic heterocycles. The zero-order valence-electron chi connectivity index (χ0n) is 9.18. The predicted molar refractivity (Wildman–Crippen MR) is 68.3 cm³/mol. The van der Waals surface area contributed by atoms with Crippen LogP contribution in [0.3, 0.4) is 0 Å². The van der Waals surface area contributed by atoms with Gasteiger partial charge in [0.1, 0.15) is 5.02 Å². The second kappa shape index (κ2) is 4.55. The predicted octanol–water partition coefficient (Wildman–Crippen LogP) is 4.22. The molecule has 2 aromatic carbocycles. The van der Waals surface area contributed by atoms with Crippen LogP contribution in [0.15, 0.2) is 42.5 Å². The molecule has 2 rings (SSSR count). The summed E-state index contributed by atoms with van der Waals surface area (Å²) in [6.45, 7) is 1.89. The van der Waals surface area contributed by atoms with Crippen molar-refractivity contribution in [1.82, 2.24) is 0 Å². The average Bonchev–Trinajstić information content (AvgIpc) is 2.29. The van der Waals surface area contributed by atoms with Crippen molar-refractivity contribution in [2.24, 2.45) is 0 Å². The highest BCUT2D eigenvalue weighted by molar-refractivity contribution is 6.32. The van der Waals surface area contributed by atoms with Gasteiger partial charge in [0.25, 0.3) is 5.69 Å². The van der Waals surface area contributed by atoms with Crippen molar-refractivity contribution in [3.8, 4) is 11.1 Å². The Bertz CT molecular complexity index is 567. The molecule has 0 amide bonds. The van der Waals surface area contributed by atoms with Gasteiger partial charge >= 0.3 is 0 Å². The molecule has 17 heavy (non-hydrogen) atoms. The van der Waals surface area contributed by atoms with Gasteiger partial charge in [0, 0.05) is 6.07 Å². The molecule has 0 saturated heterocycles. The topological polar surface area (TPSA) is 43.1 Å². The molecule has 0 heterocycles. The van der Waals surface area contributed by atoms with Gasteiger partial charge in [0.2, 0.25) is 0 Å². The number of rotatable bonds is 2. The molecule has 0 N–H and O–H groups in total. The quantitative estimate of drug-likeness (QED) is 0.589. The Hall–Kier alpha value is -1.87. The second-order valence-corrected chi connectivity index (χ2v) is 4.15. The van der Waals surface area contributed by atoms with Crippen molar-refractivity contribution in [1.29, 1.82) is 0 Å². The molecule has 0 unspecified atom stereocenters. The van der Waals surface area contributed by atoms with Gasteiger partial charge < -0.3 is 0 Å². The molecule has 4 heteroatoms. The van der Waals surface area contributed by atoms with Crippen LogP contribution in [-0.4, -0.2) is 4.92 Å². The number of benzene rings is 2. The van der Waals surface area contributed by atoms with Crippen LogP contribution < -0.4 is 0 Å². The maximum absolute atomic E-state index is 10.8. The number of hydrogen-bond donors (Lipinski definition) is 0. The van der Waals surface area contributed by atoms with Crippen LogP contribution >= 0.6 is 11.6 Å². The van der Waals surface area contributed by atoms with E-state index in [0.717, 1.165) is 16.7 Å². The van der Waals surface area contributed by atoms with E-state index < -0.39 is 4.92 Å². The summed E-state index contributed by atoms with van der Waals surface area (Å²) in [6, 6.07) is 12.7. The number of halogens is 1. The largest absolute Gasteiger partial charge is 0.288 e. The van der Waals surface area contributed by atoms with Crippen LogP contribution in [0.5, 0.6) is 0 Å². The maximum atomic E-state index is 10.8. The van der Waals surface area contributed by atoms with Crippen molar-refractivity contribution >= 4 is 17.3 Å². The first-order valence-electron chi connectivity index (χ1n) is 5.09. The summed E-state index contributed by atoms with van der Waals surface area (Å²) in [5.74, 6) is 0. The molecule has 0 aliphatic carbocycles. The summed E-state index contributed by atoms with van der Waals surface area (Å²) in [6.07, 6.45) is 0. The van der Waals surface area contributed by atoms with E-state index in [0.29, 0.717) is 0 Å². The van der Waals surface area contributed by atoms with Crippen LogP contribution in [0, 0.1) is 17.0 Å². The van der Waals surface area contributed by atoms with Gasteiger partial charge in [-0.25, -0.2) is 0 Å². The van der Waals surface area contributed by atoms with Gasteiger partial charge in [-0.3, -0.25) is 10.1 Å². The van der Waals surface area contributed by atoms with Crippen LogP contribution in [0.25, 0.3) is 11.1 Å². The SMILES string of the molecule is Cc1cc(Cl)c([N+](=O)[O-])cc1-c1ccccc1. The van der Waals surface area contributed by atoms with E-state index in [4.69, 9.17) is 11.6 Å². The Kier molecular flexibility index (Phi) is 3.11. The summed E-state index contributed by atoms with van der Waals surface area (Å²) in [4.78, 5) is 10.4. The summed E-state index contributed by atoms with van der Waals surface area (Å²) in [5.41, 5.74) is 2.65. The third kappa shape index (κ3) is 2.29. The lowest BCUT2D eigenvalue weighted by molar-refractivity contribution is -0.384. The Labute approximate surface area is 104 Å². The highest BCUT2D eigenvalue weighted by Crippen LogP contribution is 2.33. The molecule has 0 atom stereocenters. The Morgan fingerprint density at radius 1 is 1.18 bits per heavy atom. The summed E-state index contributed by atoms with van der Waals surface area (Å²) in [7, 11) is 0. The Morgan fingerprint density at radius 2 is 1.82 bits per heavy atom. The van der Waals surface area contributed by atoms with Crippen LogP contribution in [0.4, 0.5) is 5.69 Å². The Morgan fingerprint density at radius 3 is 2.41 bits per heavy atom. The van der Waals surface area contributed by atoms with E-state index >= 15 is 0 Å². The second-order valence-electron chi connectivity index (χ2n) is 3.74. The van der Waals surface area contributed by atoms with Crippen LogP contribution in [-0.2, 0) is 0 Å². The lowest BCUT2D eigenvalue weighted by Crippen LogP contribution is -1.92. The molecular weight excluding hydrogens is 238 g/mol. The number of nitro benzene ring substituents is 1. The van der Waals surface area contributed by atoms with Gasteiger partial charge in [-0.2, -0.15) is 0 Å². The van der Waals surface area contributed by atoms with Gasteiger partial charge in [0.05, 0.1) is 4.92 Å². The van der Waals surface area contributed by atoms with Crippen molar-refractivity contribution in [2.75, 3.05) is 0 Å². The van der Waals surface area contributed by atoms with E-state index in [9.17, 15) is 10.1 Å². The van der Waals surface area contributed by atoms with Gasteiger partial charge in [-0.05, 0) is 29.7 Å². The third-order valence-corrected chi connectivity index (χ3v) is 2.88. The monoisotopic (exact) mass is 247 g/mol. The molecule has 0 aromatic heterocycles. The minimum absolute atomic E-state index is 0.0591. The van der Waals surface area contributed by atoms with E-state index in [1.54, 1.807) is 6.07 Å². The van der Waals surface area contributed by atoms with E-state index in [-0.39, 0.29) is 10.7 Å². The molecule has 0 bridgehead atoms. The fourth-order valence-corrected chi connectivity index (χ4v) is 2.02. The van der Waals surface area contributed by atoms with Crippen molar-refractivity contribution < 1.29 is 4.92 Å². The van der Waals surface area contributed by atoms with Crippen molar-refractivity contribution in [2.45, 2.75) is 6.92 Å². The molecule has 3 nitrogen and oxygen atoms in total. The molecular formula is C13H10ClNO2. The number of hydrogen-bond acceptors (Lipinski definition) is 2. The van der Waals surface area contributed by atoms with Gasteiger partial charge in [0.15, 0.2) is 0 Å². The zero-order valence-corrected chi connectivity index (χ0v) is 9.94. The van der Waals surface area contributed by atoms with Gasteiger partial charge in [-0.15, -0.1) is 0 Å². The highest BCUT2D eigenvalue weighted by Gasteiger charge is 2.15. The lowest BCUT2D eigenvalue weighted by Gasteiger charge is -2.06. The van der Waals surface area contributed by atoms with E-state index in [1.807, 2.05) is 37.3 Å².